The Hall–Kier alpha value is -2.26. The Labute approximate surface area is 124 Å². The number of benzene rings is 1. The first kappa shape index (κ1) is 13.7. The number of para-hydroxylation sites is 1. The molecule has 3 aromatic rings. The fourth-order valence-electron chi connectivity index (χ4n) is 2.66. The Morgan fingerprint density at radius 1 is 1.10 bits per heavy atom. The van der Waals surface area contributed by atoms with Crippen molar-refractivity contribution in [1.82, 2.24) is 9.97 Å². The molecular formula is C18H19N3. The normalized spacial score (nSPS) is 12.5. The van der Waals surface area contributed by atoms with E-state index in [2.05, 4.69) is 35.1 Å². The zero-order valence-corrected chi connectivity index (χ0v) is 12.4. The van der Waals surface area contributed by atoms with Gasteiger partial charge in [-0.05, 0) is 37.1 Å². The minimum absolute atomic E-state index is 0.126. The first-order chi connectivity index (χ1) is 10.1. The van der Waals surface area contributed by atoms with Crippen molar-refractivity contribution in [3.63, 3.8) is 0 Å². The highest BCUT2D eigenvalue weighted by molar-refractivity contribution is 5.78. The molecule has 0 radical (unpaired) electrons. The van der Waals surface area contributed by atoms with Gasteiger partial charge < -0.3 is 5.73 Å². The molecule has 2 aromatic heterocycles. The Morgan fingerprint density at radius 3 is 2.71 bits per heavy atom. The summed E-state index contributed by atoms with van der Waals surface area (Å²) in [5.41, 5.74) is 11.6. The molecule has 0 saturated heterocycles. The molecule has 0 bridgehead atoms. The predicted octanol–water partition coefficient (Wildman–Crippen LogP) is 3.49. The van der Waals surface area contributed by atoms with Crippen LogP contribution in [0.3, 0.4) is 0 Å². The van der Waals surface area contributed by atoms with E-state index in [9.17, 15) is 0 Å². The van der Waals surface area contributed by atoms with E-state index in [1.54, 1.807) is 0 Å². The van der Waals surface area contributed by atoms with E-state index in [1.165, 1.54) is 0 Å². The zero-order chi connectivity index (χ0) is 14.8. The third kappa shape index (κ3) is 2.93. The first-order valence-corrected chi connectivity index (χ1v) is 7.17. The summed E-state index contributed by atoms with van der Waals surface area (Å²) in [6.07, 6.45) is 2.57. The molecule has 0 amide bonds. The van der Waals surface area contributed by atoms with Crippen molar-refractivity contribution in [3.05, 3.63) is 71.2 Å². The van der Waals surface area contributed by atoms with Gasteiger partial charge in [-0.2, -0.15) is 0 Å². The molecule has 2 heterocycles. The third-order valence-corrected chi connectivity index (χ3v) is 3.69. The Morgan fingerprint density at radius 2 is 1.90 bits per heavy atom. The summed E-state index contributed by atoms with van der Waals surface area (Å²) in [6.45, 7) is 4.10. The average Bonchev–Trinajstić information content (AvgIpc) is 2.47. The standard InChI is InChI=1S/C18H19N3/c1-12-9-13(2)18(20-11-12)16(19)10-15-8-7-14-5-3-4-6-17(14)21-15/h3-9,11,16H,10,19H2,1-2H3. The monoisotopic (exact) mass is 277 g/mol. The zero-order valence-electron chi connectivity index (χ0n) is 12.4. The lowest BCUT2D eigenvalue weighted by Crippen LogP contribution is -2.17. The molecule has 2 N–H and O–H groups in total. The average molecular weight is 277 g/mol. The fourth-order valence-corrected chi connectivity index (χ4v) is 2.66. The lowest BCUT2D eigenvalue weighted by Gasteiger charge is -2.14. The Kier molecular flexibility index (Phi) is 3.67. The van der Waals surface area contributed by atoms with Crippen LogP contribution >= 0.6 is 0 Å². The number of aromatic nitrogens is 2. The molecule has 0 aliphatic rings. The van der Waals surface area contributed by atoms with Gasteiger partial charge in [0, 0.05) is 23.7 Å². The number of hydrogen-bond acceptors (Lipinski definition) is 3. The van der Waals surface area contributed by atoms with Gasteiger partial charge in [-0.15, -0.1) is 0 Å². The second kappa shape index (κ2) is 5.62. The van der Waals surface area contributed by atoms with E-state index in [1.807, 2.05) is 37.4 Å². The third-order valence-electron chi connectivity index (χ3n) is 3.69. The summed E-state index contributed by atoms with van der Waals surface area (Å²) in [5.74, 6) is 0. The predicted molar refractivity (Wildman–Crippen MR) is 86.1 cm³/mol. The topological polar surface area (TPSA) is 51.8 Å². The van der Waals surface area contributed by atoms with Crippen molar-refractivity contribution in [2.75, 3.05) is 0 Å². The van der Waals surface area contributed by atoms with Crippen molar-refractivity contribution in [2.24, 2.45) is 5.73 Å². The minimum atomic E-state index is -0.126. The second-order valence-corrected chi connectivity index (χ2v) is 5.52. The van der Waals surface area contributed by atoms with E-state index in [4.69, 9.17) is 5.73 Å². The van der Waals surface area contributed by atoms with Crippen LogP contribution in [-0.4, -0.2) is 9.97 Å². The summed E-state index contributed by atoms with van der Waals surface area (Å²) in [6, 6.07) is 14.3. The molecule has 3 nitrogen and oxygen atoms in total. The van der Waals surface area contributed by atoms with Crippen LogP contribution in [-0.2, 0) is 6.42 Å². The van der Waals surface area contributed by atoms with Gasteiger partial charge in [0.25, 0.3) is 0 Å². The maximum absolute atomic E-state index is 6.32. The quantitative estimate of drug-likeness (QED) is 0.797. The van der Waals surface area contributed by atoms with Gasteiger partial charge in [-0.3, -0.25) is 9.97 Å². The summed E-state index contributed by atoms with van der Waals surface area (Å²) >= 11 is 0. The van der Waals surface area contributed by atoms with Gasteiger partial charge in [-0.1, -0.05) is 30.3 Å². The van der Waals surface area contributed by atoms with Crippen LogP contribution < -0.4 is 5.73 Å². The molecule has 0 aliphatic heterocycles. The number of aryl methyl sites for hydroxylation is 2. The van der Waals surface area contributed by atoms with Crippen LogP contribution in [0.1, 0.15) is 28.6 Å². The minimum Gasteiger partial charge on any atom is -0.322 e. The van der Waals surface area contributed by atoms with Gasteiger partial charge in [0.05, 0.1) is 17.3 Å². The van der Waals surface area contributed by atoms with Crippen LogP contribution in [0.2, 0.25) is 0 Å². The number of nitrogens with two attached hydrogens (primary N) is 1. The molecule has 1 unspecified atom stereocenters. The maximum Gasteiger partial charge on any atom is 0.0705 e. The fraction of sp³-hybridized carbons (Fsp3) is 0.222. The highest BCUT2D eigenvalue weighted by Crippen LogP contribution is 2.19. The smallest absolute Gasteiger partial charge is 0.0705 e. The van der Waals surface area contributed by atoms with E-state index in [0.29, 0.717) is 6.42 Å². The lowest BCUT2D eigenvalue weighted by molar-refractivity contribution is 0.679. The van der Waals surface area contributed by atoms with Crippen LogP contribution in [0.5, 0.6) is 0 Å². The number of fused-ring (bicyclic) bond motifs is 1. The van der Waals surface area contributed by atoms with E-state index in [-0.39, 0.29) is 6.04 Å². The summed E-state index contributed by atoms with van der Waals surface area (Å²) in [7, 11) is 0. The van der Waals surface area contributed by atoms with Crippen molar-refractivity contribution in [2.45, 2.75) is 26.3 Å². The second-order valence-electron chi connectivity index (χ2n) is 5.52. The number of pyridine rings is 2. The highest BCUT2D eigenvalue weighted by atomic mass is 14.8. The van der Waals surface area contributed by atoms with Gasteiger partial charge in [0.2, 0.25) is 0 Å². The molecule has 1 atom stereocenters. The SMILES string of the molecule is Cc1cnc(C(N)Cc2ccc3ccccc3n2)c(C)c1. The maximum atomic E-state index is 6.32. The van der Waals surface area contributed by atoms with Crippen LogP contribution in [0.15, 0.2) is 48.7 Å². The van der Waals surface area contributed by atoms with E-state index in [0.717, 1.165) is 33.4 Å². The molecule has 106 valence electrons. The summed E-state index contributed by atoms with van der Waals surface area (Å²) in [4.78, 5) is 9.16. The first-order valence-electron chi connectivity index (χ1n) is 7.17. The van der Waals surface area contributed by atoms with E-state index < -0.39 is 0 Å². The molecule has 1 aromatic carbocycles. The molecule has 0 saturated carbocycles. The van der Waals surface area contributed by atoms with Crippen molar-refractivity contribution >= 4 is 10.9 Å². The largest absolute Gasteiger partial charge is 0.322 e. The molecule has 0 aliphatic carbocycles. The van der Waals surface area contributed by atoms with Crippen LogP contribution in [0.4, 0.5) is 0 Å². The number of rotatable bonds is 3. The van der Waals surface area contributed by atoms with Gasteiger partial charge in [0.1, 0.15) is 0 Å². The lowest BCUT2D eigenvalue weighted by atomic mass is 10.0. The number of nitrogens with zero attached hydrogens (tertiary/aromatic N) is 2. The van der Waals surface area contributed by atoms with Crippen molar-refractivity contribution in [3.8, 4) is 0 Å². The molecule has 0 fully saturated rings. The van der Waals surface area contributed by atoms with Crippen LogP contribution in [0.25, 0.3) is 10.9 Å². The van der Waals surface area contributed by atoms with Crippen molar-refractivity contribution in [1.29, 1.82) is 0 Å². The molecular weight excluding hydrogens is 258 g/mol. The molecule has 3 heteroatoms. The van der Waals surface area contributed by atoms with E-state index >= 15 is 0 Å². The number of hydrogen-bond donors (Lipinski definition) is 1. The Bertz CT molecular complexity index is 780. The van der Waals surface area contributed by atoms with Crippen LogP contribution in [0, 0.1) is 13.8 Å². The summed E-state index contributed by atoms with van der Waals surface area (Å²) in [5, 5.41) is 1.15. The highest BCUT2D eigenvalue weighted by Gasteiger charge is 2.12. The Balaban J connectivity index is 1.87. The van der Waals surface area contributed by atoms with Crippen molar-refractivity contribution < 1.29 is 0 Å². The van der Waals surface area contributed by atoms with Gasteiger partial charge >= 0.3 is 0 Å². The molecule has 3 rings (SSSR count). The molecule has 21 heavy (non-hydrogen) atoms. The summed E-state index contributed by atoms with van der Waals surface area (Å²) < 4.78 is 0. The van der Waals surface area contributed by atoms with Gasteiger partial charge in [0.15, 0.2) is 0 Å². The van der Waals surface area contributed by atoms with Gasteiger partial charge in [-0.25, -0.2) is 0 Å². The molecule has 0 spiro atoms.